The Hall–Kier alpha value is -2.45. The third-order valence-electron chi connectivity index (χ3n) is 4.35. The van der Waals surface area contributed by atoms with Gasteiger partial charge in [-0.25, -0.2) is 4.68 Å². The van der Waals surface area contributed by atoms with E-state index in [-0.39, 0.29) is 5.91 Å². The lowest BCUT2D eigenvalue weighted by molar-refractivity contribution is 0.102. The van der Waals surface area contributed by atoms with Gasteiger partial charge in [0.1, 0.15) is 12.4 Å². The molecule has 2 aromatic rings. The van der Waals surface area contributed by atoms with Gasteiger partial charge in [0.25, 0.3) is 5.91 Å². The van der Waals surface area contributed by atoms with Crippen molar-refractivity contribution in [1.82, 2.24) is 25.2 Å². The van der Waals surface area contributed by atoms with Crippen molar-refractivity contribution >= 4 is 11.6 Å². The molecular formula is C18H26N6O2. The molecule has 1 saturated heterocycles. The second kappa shape index (κ2) is 8.77. The highest BCUT2D eigenvalue weighted by atomic mass is 16.5. The van der Waals surface area contributed by atoms with E-state index < -0.39 is 0 Å². The molecule has 0 atom stereocenters. The second-order valence-electron chi connectivity index (χ2n) is 6.70. The first-order chi connectivity index (χ1) is 12.6. The summed E-state index contributed by atoms with van der Waals surface area (Å²) in [5, 5.41) is 14.3. The molecule has 0 radical (unpaired) electrons. The Morgan fingerprint density at radius 1 is 1.31 bits per heavy atom. The molecule has 8 heteroatoms. The van der Waals surface area contributed by atoms with Gasteiger partial charge in [-0.15, -0.1) is 5.10 Å². The molecule has 1 amide bonds. The first-order valence-corrected chi connectivity index (χ1v) is 8.93. The smallest absolute Gasteiger partial charge is 0.277 e. The minimum Gasteiger partial charge on any atom is -0.492 e. The maximum Gasteiger partial charge on any atom is 0.277 e. The number of rotatable bonds is 7. The van der Waals surface area contributed by atoms with Crippen LogP contribution < -0.4 is 15.4 Å². The quantitative estimate of drug-likeness (QED) is 0.778. The Morgan fingerprint density at radius 2 is 2.04 bits per heavy atom. The number of anilines is 1. The summed E-state index contributed by atoms with van der Waals surface area (Å²) in [7, 11) is 4.01. The number of hydrogen-bond acceptors (Lipinski definition) is 6. The van der Waals surface area contributed by atoms with Crippen molar-refractivity contribution in [3.8, 4) is 5.75 Å². The number of aromatic nitrogens is 3. The average Bonchev–Trinajstić information content (AvgIpc) is 3.14. The lowest BCUT2D eigenvalue weighted by atomic mass is 10.1. The summed E-state index contributed by atoms with van der Waals surface area (Å²) < 4.78 is 7.45. The van der Waals surface area contributed by atoms with Crippen LogP contribution >= 0.6 is 0 Å². The van der Waals surface area contributed by atoms with Crippen LogP contribution in [0.4, 0.5) is 5.69 Å². The molecule has 1 aromatic heterocycles. The van der Waals surface area contributed by atoms with E-state index in [0.717, 1.165) is 38.2 Å². The molecule has 1 aliphatic heterocycles. The van der Waals surface area contributed by atoms with Gasteiger partial charge in [-0.1, -0.05) is 5.21 Å². The van der Waals surface area contributed by atoms with Crippen LogP contribution in [-0.2, 0) is 0 Å². The molecular weight excluding hydrogens is 332 g/mol. The Morgan fingerprint density at radius 3 is 2.73 bits per heavy atom. The van der Waals surface area contributed by atoms with Gasteiger partial charge in [0.15, 0.2) is 5.69 Å². The van der Waals surface area contributed by atoms with Crippen molar-refractivity contribution in [1.29, 1.82) is 0 Å². The number of carbonyl (C=O) groups excluding carboxylic acids is 1. The Labute approximate surface area is 153 Å². The van der Waals surface area contributed by atoms with E-state index in [0.29, 0.717) is 24.0 Å². The minimum atomic E-state index is -0.258. The van der Waals surface area contributed by atoms with E-state index in [9.17, 15) is 4.79 Å². The predicted molar refractivity (Wildman–Crippen MR) is 99.6 cm³/mol. The Balaban J connectivity index is 1.53. The van der Waals surface area contributed by atoms with Gasteiger partial charge in [0.05, 0.1) is 12.2 Å². The van der Waals surface area contributed by atoms with Crippen molar-refractivity contribution in [3.63, 3.8) is 0 Å². The first kappa shape index (κ1) is 18.3. The van der Waals surface area contributed by atoms with E-state index in [1.54, 1.807) is 10.9 Å². The molecule has 0 aliphatic carbocycles. The maximum absolute atomic E-state index is 12.4. The third-order valence-corrected chi connectivity index (χ3v) is 4.35. The van der Waals surface area contributed by atoms with Crippen molar-refractivity contribution in [2.75, 3.05) is 45.7 Å². The zero-order valence-corrected chi connectivity index (χ0v) is 15.3. The molecule has 8 nitrogen and oxygen atoms in total. The SMILES string of the molecule is CN(C)CCOc1ccc(NC(=O)c2cn(C3CCNCC3)nn2)cc1. The zero-order valence-electron chi connectivity index (χ0n) is 15.3. The molecule has 0 spiro atoms. The van der Waals surface area contributed by atoms with Crippen molar-refractivity contribution in [2.24, 2.45) is 0 Å². The molecule has 2 N–H and O–H groups in total. The number of nitrogens with one attached hydrogen (secondary N) is 2. The molecule has 2 heterocycles. The van der Waals surface area contributed by atoms with Crippen LogP contribution in [0, 0.1) is 0 Å². The van der Waals surface area contributed by atoms with Gasteiger partial charge >= 0.3 is 0 Å². The van der Waals surface area contributed by atoms with Crippen LogP contribution in [0.3, 0.4) is 0 Å². The highest BCUT2D eigenvalue weighted by Crippen LogP contribution is 2.18. The van der Waals surface area contributed by atoms with Gasteiger partial charge in [-0.3, -0.25) is 4.79 Å². The van der Waals surface area contributed by atoms with Crippen molar-refractivity contribution < 1.29 is 9.53 Å². The molecule has 140 valence electrons. The van der Waals surface area contributed by atoms with Gasteiger partial charge in [0.2, 0.25) is 0 Å². The fourth-order valence-electron chi connectivity index (χ4n) is 2.81. The summed E-state index contributed by atoms with van der Waals surface area (Å²) >= 11 is 0. The fraction of sp³-hybridized carbons (Fsp3) is 0.500. The zero-order chi connectivity index (χ0) is 18.4. The largest absolute Gasteiger partial charge is 0.492 e. The van der Waals surface area contributed by atoms with E-state index >= 15 is 0 Å². The number of amides is 1. The third kappa shape index (κ3) is 5.03. The fourth-order valence-corrected chi connectivity index (χ4v) is 2.81. The highest BCUT2D eigenvalue weighted by Gasteiger charge is 2.18. The van der Waals surface area contributed by atoms with Crippen LogP contribution in [0.1, 0.15) is 29.4 Å². The summed E-state index contributed by atoms with van der Waals surface area (Å²) in [5.41, 5.74) is 1.03. The van der Waals surface area contributed by atoms with E-state index in [1.165, 1.54) is 0 Å². The predicted octanol–water partition coefficient (Wildman–Crippen LogP) is 1.40. The standard InChI is InChI=1S/C18H26N6O2/c1-23(2)11-12-26-16-5-3-14(4-6-16)20-18(25)17-13-24(22-21-17)15-7-9-19-10-8-15/h3-6,13,15,19H,7-12H2,1-2H3,(H,20,25). The Kier molecular flexibility index (Phi) is 6.19. The van der Waals surface area contributed by atoms with Crippen molar-refractivity contribution in [2.45, 2.75) is 18.9 Å². The molecule has 0 unspecified atom stereocenters. The van der Waals surface area contributed by atoms with Crippen LogP contribution in [0.25, 0.3) is 0 Å². The topological polar surface area (TPSA) is 84.3 Å². The number of ether oxygens (including phenoxy) is 1. The summed E-state index contributed by atoms with van der Waals surface area (Å²) in [6.07, 6.45) is 3.73. The molecule has 3 rings (SSSR count). The summed E-state index contributed by atoms with van der Waals surface area (Å²) in [4.78, 5) is 14.4. The summed E-state index contributed by atoms with van der Waals surface area (Å²) in [5.74, 6) is 0.521. The van der Waals surface area contributed by atoms with E-state index in [2.05, 4.69) is 25.8 Å². The minimum absolute atomic E-state index is 0.258. The number of carbonyl (C=O) groups is 1. The maximum atomic E-state index is 12.4. The average molecular weight is 358 g/mol. The van der Waals surface area contributed by atoms with Crippen LogP contribution in [0.2, 0.25) is 0 Å². The number of likely N-dealkylation sites (N-methyl/N-ethyl adjacent to an activating group) is 1. The van der Waals surface area contributed by atoms with Crippen LogP contribution in [0.15, 0.2) is 30.5 Å². The second-order valence-corrected chi connectivity index (χ2v) is 6.70. The highest BCUT2D eigenvalue weighted by molar-refractivity contribution is 6.02. The molecule has 0 saturated carbocycles. The molecule has 26 heavy (non-hydrogen) atoms. The summed E-state index contributed by atoms with van der Waals surface area (Å²) in [6, 6.07) is 7.64. The number of piperidine rings is 1. The number of nitrogens with zero attached hydrogens (tertiary/aromatic N) is 4. The van der Waals surface area contributed by atoms with E-state index in [4.69, 9.17) is 4.74 Å². The lowest BCUT2D eigenvalue weighted by Gasteiger charge is -2.22. The normalized spacial score (nSPS) is 15.2. The first-order valence-electron chi connectivity index (χ1n) is 8.93. The molecule has 1 aromatic carbocycles. The van der Waals surface area contributed by atoms with Gasteiger partial charge in [-0.05, 0) is 64.3 Å². The Bertz CT molecular complexity index is 707. The monoisotopic (exact) mass is 358 g/mol. The summed E-state index contributed by atoms with van der Waals surface area (Å²) in [6.45, 7) is 3.41. The molecule has 0 bridgehead atoms. The van der Waals surface area contributed by atoms with E-state index in [1.807, 2.05) is 38.4 Å². The lowest BCUT2D eigenvalue weighted by Crippen LogP contribution is -2.29. The van der Waals surface area contributed by atoms with Gasteiger partial charge in [0, 0.05) is 12.2 Å². The van der Waals surface area contributed by atoms with Gasteiger partial charge in [-0.2, -0.15) is 0 Å². The number of benzene rings is 1. The number of hydrogen-bond donors (Lipinski definition) is 2. The molecule has 1 aliphatic rings. The van der Waals surface area contributed by atoms with Crippen molar-refractivity contribution in [3.05, 3.63) is 36.2 Å². The molecule has 1 fully saturated rings. The van der Waals surface area contributed by atoms with Crippen LogP contribution in [0.5, 0.6) is 5.75 Å². The van der Waals surface area contributed by atoms with Gasteiger partial charge < -0.3 is 20.3 Å². The van der Waals surface area contributed by atoms with Crippen LogP contribution in [-0.4, -0.2) is 66.1 Å².